The van der Waals surface area contributed by atoms with E-state index in [9.17, 15) is 0 Å². The van der Waals surface area contributed by atoms with Gasteiger partial charge in [-0.1, -0.05) is 103 Å². The van der Waals surface area contributed by atoms with E-state index >= 15 is 0 Å². The first-order valence-electron chi connectivity index (χ1n) is 10.3. The predicted octanol–water partition coefficient (Wildman–Crippen LogP) is 7.57. The van der Waals surface area contributed by atoms with Crippen LogP contribution in [0.4, 0.5) is 0 Å². The molecule has 1 rings (SSSR count). The summed E-state index contributed by atoms with van der Waals surface area (Å²) >= 11 is 0. The van der Waals surface area contributed by atoms with Crippen molar-refractivity contribution >= 4 is 0 Å². The highest BCUT2D eigenvalue weighted by Crippen LogP contribution is 2.40. The minimum atomic E-state index is 0.0792. The van der Waals surface area contributed by atoms with Crippen molar-refractivity contribution in [2.45, 2.75) is 60.8 Å². The molecule has 0 aromatic rings. The Morgan fingerprint density at radius 2 is 1.46 bits per heavy atom. The largest absolute Gasteiger partial charge is 0.392 e. The number of hydrogen-bond donors (Lipinski definition) is 1. The van der Waals surface area contributed by atoms with Gasteiger partial charge >= 0.3 is 0 Å². The van der Waals surface area contributed by atoms with Gasteiger partial charge in [0.25, 0.3) is 0 Å². The number of hydrogen-bond acceptors (Lipinski definition) is 1. The van der Waals surface area contributed by atoms with Gasteiger partial charge < -0.3 is 5.11 Å². The van der Waals surface area contributed by atoms with Gasteiger partial charge in [-0.3, -0.25) is 0 Å². The van der Waals surface area contributed by atoms with Gasteiger partial charge in [-0.2, -0.15) is 0 Å². The summed E-state index contributed by atoms with van der Waals surface area (Å²) in [5.74, 6) is 0. The Morgan fingerprint density at radius 1 is 0.893 bits per heavy atom. The van der Waals surface area contributed by atoms with E-state index in [4.69, 9.17) is 5.11 Å². The van der Waals surface area contributed by atoms with Gasteiger partial charge in [0.1, 0.15) is 0 Å². The lowest BCUT2D eigenvalue weighted by Gasteiger charge is -2.32. The molecule has 0 bridgehead atoms. The molecule has 1 aliphatic rings. The summed E-state index contributed by atoms with van der Waals surface area (Å²) in [7, 11) is 0. The molecular weight excluding hydrogens is 340 g/mol. The summed E-state index contributed by atoms with van der Waals surface area (Å²) in [4.78, 5) is 0. The number of allylic oxidation sites excluding steroid dienone is 15. The maximum Gasteiger partial charge on any atom is 0.0615 e. The minimum absolute atomic E-state index is 0.0792. The first kappa shape index (κ1) is 23.9. The molecule has 1 heteroatoms. The zero-order chi connectivity index (χ0) is 21.0. The molecule has 0 amide bonds. The maximum absolute atomic E-state index is 8.76. The van der Waals surface area contributed by atoms with Crippen LogP contribution in [0.15, 0.2) is 94.7 Å². The molecule has 0 unspecified atom stereocenters. The Hall–Kier alpha value is -2.12. The van der Waals surface area contributed by atoms with Crippen LogP contribution >= 0.6 is 0 Å². The topological polar surface area (TPSA) is 20.2 Å². The van der Waals surface area contributed by atoms with E-state index in [2.05, 4.69) is 71.1 Å². The number of rotatable bonds is 8. The van der Waals surface area contributed by atoms with E-state index < -0.39 is 0 Å². The zero-order valence-corrected chi connectivity index (χ0v) is 18.6. The second-order valence-electron chi connectivity index (χ2n) is 8.33. The van der Waals surface area contributed by atoms with E-state index in [1.54, 1.807) is 6.08 Å². The smallest absolute Gasteiger partial charge is 0.0615 e. The van der Waals surface area contributed by atoms with E-state index in [0.717, 1.165) is 5.57 Å². The second-order valence-corrected chi connectivity index (χ2v) is 8.33. The Morgan fingerprint density at radius 3 is 2.07 bits per heavy atom. The first-order valence-corrected chi connectivity index (χ1v) is 10.3. The molecule has 0 heterocycles. The van der Waals surface area contributed by atoms with Crippen LogP contribution in [0.2, 0.25) is 0 Å². The van der Waals surface area contributed by atoms with Gasteiger partial charge in [-0.05, 0) is 57.9 Å². The second kappa shape index (κ2) is 12.4. The van der Waals surface area contributed by atoms with Crippen molar-refractivity contribution in [1.29, 1.82) is 0 Å². The fourth-order valence-corrected chi connectivity index (χ4v) is 3.40. The van der Waals surface area contributed by atoms with Crippen LogP contribution in [0.3, 0.4) is 0 Å². The average Bonchev–Trinajstić information content (AvgIpc) is 2.62. The van der Waals surface area contributed by atoms with E-state index in [1.807, 2.05) is 31.2 Å². The highest BCUT2D eigenvalue weighted by molar-refractivity contribution is 5.37. The van der Waals surface area contributed by atoms with Crippen molar-refractivity contribution in [2.24, 2.45) is 5.41 Å². The van der Waals surface area contributed by atoms with Crippen LogP contribution in [0.1, 0.15) is 60.8 Å². The van der Waals surface area contributed by atoms with Crippen molar-refractivity contribution in [3.63, 3.8) is 0 Å². The molecule has 0 aromatic carbocycles. The monoisotopic (exact) mass is 378 g/mol. The summed E-state index contributed by atoms with van der Waals surface area (Å²) < 4.78 is 0. The molecule has 0 atom stereocenters. The van der Waals surface area contributed by atoms with Crippen molar-refractivity contribution in [1.82, 2.24) is 0 Å². The summed E-state index contributed by atoms with van der Waals surface area (Å²) in [6.07, 6.45) is 26.6. The minimum Gasteiger partial charge on any atom is -0.392 e. The van der Waals surface area contributed by atoms with Crippen molar-refractivity contribution in [3.05, 3.63) is 94.7 Å². The van der Waals surface area contributed by atoms with Crippen molar-refractivity contribution in [2.75, 3.05) is 6.61 Å². The fraction of sp³-hybridized carbons (Fsp3) is 0.407. The van der Waals surface area contributed by atoms with Crippen LogP contribution in [0, 0.1) is 5.41 Å². The Kier molecular flexibility index (Phi) is 10.6. The van der Waals surface area contributed by atoms with E-state index in [1.165, 1.54) is 41.6 Å². The van der Waals surface area contributed by atoms with Crippen molar-refractivity contribution in [3.8, 4) is 0 Å². The van der Waals surface area contributed by atoms with Gasteiger partial charge in [-0.25, -0.2) is 0 Å². The zero-order valence-electron chi connectivity index (χ0n) is 18.6. The van der Waals surface area contributed by atoms with Crippen LogP contribution in [0.25, 0.3) is 0 Å². The molecule has 0 saturated carbocycles. The normalized spacial score (nSPS) is 19.9. The van der Waals surface area contributed by atoms with Gasteiger partial charge in [0.2, 0.25) is 0 Å². The SMILES string of the molecule is CC(C=CC=C(C)C=CC1=C(C)CCCC1(C)C)=CC=CC=C(C)C=CCO. The Bertz CT molecular complexity index is 743. The summed E-state index contributed by atoms with van der Waals surface area (Å²) in [5, 5.41) is 8.76. The highest BCUT2D eigenvalue weighted by atomic mass is 16.2. The first-order chi connectivity index (χ1) is 13.3. The van der Waals surface area contributed by atoms with Gasteiger partial charge in [0.05, 0.1) is 6.61 Å². The van der Waals surface area contributed by atoms with Crippen LogP contribution in [-0.2, 0) is 0 Å². The third kappa shape index (κ3) is 9.19. The van der Waals surface area contributed by atoms with Gasteiger partial charge in [0.15, 0.2) is 0 Å². The predicted molar refractivity (Wildman–Crippen MR) is 125 cm³/mol. The summed E-state index contributed by atoms with van der Waals surface area (Å²) in [6, 6.07) is 0. The summed E-state index contributed by atoms with van der Waals surface area (Å²) in [6.45, 7) is 13.3. The quantitative estimate of drug-likeness (QED) is 0.432. The Labute approximate surface area is 172 Å². The van der Waals surface area contributed by atoms with E-state index in [0.29, 0.717) is 5.41 Å². The van der Waals surface area contributed by atoms with Crippen LogP contribution in [0.5, 0.6) is 0 Å². The maximum atomic E-state index is 8.76. The van der Waals surface area contributed by atoms with Crippen LogP contribution < -0.4 is 0 Å². The molecule has 0 saturated heterocycles. The standard InChI is InChI=1S/C27H38O/c1-22(12-7-8-13-23(2)16-11-21-28)14-9-15-24(3)18-19-26-25(4)17-10-20-27(26,5)6/h7-9,11-16,18-19,28H,10,17,20-21H2,1-6H3. The molecule has 152 valence electrons. The molecule has 0 aliphatic heterocycles. The lowest BCUT2D eigenvalue weighted by atomic mass is 9.72. The van der Waals surface area contributed by atoms with E-state index in [-0.39, 0.29) is 6.61 Å². The molecule has 1 nitrogen and oxygen atoms in total. The third-order valence-electron chi connectivity index (χ3n) is 5.09. The molecule has 1 aliphatic carbocycles. The molecule has 1 N–H and O–H groups in total. The number of aliphatic hydroxyl groups excluding tert-OH is 1. The molecule has 0 aromatic heterocycles. The molecule has 0 fully saturated rings. The summed E-state index contributed by atoms with van der Waals surface area (Å²) in [5.41, 5.74) is 6.92. The van der Waals surface area contributed by atoms with Crippen molar-refractivity contribution < 1.29 is 5.11 Å². The molecule has 0 spiro atoms. The fourth-order valence-electron chi connectivity index (χ4n) is 3.40. The van der Waals surface area contributed by atoms with Gasteiger partial charge in [0, 0.05) is 0 Å². The molecule has 28 heavy (non-hydrogen) atoms. The lowest BCUT2D eigenvalue weighted by molar-refractivity contribution is 0.342. The third-order valence-corrected chi connectivity index (χ3v) is 5.09. The highest BCUT2D eigenvalue weighted by Gasteiger charge is 2.26. The lowest BCUT2D eigenvalue weighted by Crippen LogP contribution is -2.19. The Balaban J connectivity index is 2.66. The number of aliphatic hydroxyl groups is 1. The molecule has 0 radical (unpaired) electrons. The van der Waals surface area contributed by atoms with Gasteiger partial charge in [-0.15, -0.1) is 0 Å². The molecular formula is C27H38O. The van der Waals surface area contributed by atoms with Crippen LogP contribution in [-0.4, -0.2) is 11.7 Å². The average molecular weight is 379 g/mol.